The number of nitrogens with zero attached hydrogens (tertiary/aromatic N) is 6. The number of benzene rings is 3. The Morgan fingerprint density at radius 2 is 0.769 bits per heavy atom. The minimum atomic E-state index is -1.13. The second-order valence-corrected chi connectivity index (χ2v) is 16.6. The van der Waals surface area contributed by atoms with E-state index in [0.717, 1.165) is 55.6 Å². The van der Waals surface area contributed by atoms with Crippen molar-refractivity contribution in [2.45, 2.75) is 47.3 Å². The van der Waals surface area contributed by atoms with Crippen LogP contribution in [0.2, 0.25) is 0 Å². The average Bonchev–Trinajstić information content (AvgIpc) is 3.36. The molecule has 3 N–H and O–H groups in total. The van der Waals surface area contributed by atoms with E-state index < -0.39 is 17.9 Å². The molecule has 336 valence electrons. The highest BCUT2D eigenvalue weighted by Gasteiger charge is 2.22. The zero-order chi connectivity index (χ0) is 46.4. The molecule has 0 aliphatic carbocycles. The monoisotopic (exact) mass is 878 g/mol. The van der Waals surface area contributed by atoms with E-state index >= 15 is 0 Å². The Balaban J connectivity index is 1.23. The van der Waals surface area contributed by atoms with E-state index in [1.54, 1.807) is 32.4 Å². The van der Waals surface area contributed by atoms with E-state index in [2.05, 4.69) is 35.7 Å². The predicted octanol–water partition coefficient (Wildman–Crippen LogP) is 8.04. The van der Waals surface area contributed by atoms with Gasteiger partial charge in [0.15, 0.2) is 0 Å². The molecule has 0 atom stereocenters. The van der Waals surface area contributed by atoms with Crippen molar-refractivity contribution in [3.05, 3.63) is 147 Å². The van der Waals surface area contributed by atoms with Crippen molar-refractivity contribution in [2.75, 3.05) is 53.5 Å². The second-order valence-electron chi connectivity index (χ2n) is 16.6. The lowest BCUT2D eigenvalue weighted by atomic mass is 9.98. The number of aryl methyl sites for hydroxylation is 4. The third-order valence-electron chi connectivity index (χ3n) is 11.8. The fourth-order valence-corrected chi connectivity index (χ4v) is 8.46. The maximum absolute atomic E-state index is 12.4. The van der Waals surface area contributed by atoms with E-state index in [9.17, 15) is 29.7 Å². The molecule has 1 saturated heterocycles. The van der Waals surface area contributed by atoms with Gasteiger partial charge in [-0.3, -0.25) is 14.7 Å². The minimum Gasteiger partial charge on any atom is -0.497 e. The number of aromatic nitrogens is 3. The summed E-state index contributed by atoms with van der Waals surface area (Å²) in [5, 5.41) is 30.5. The van der Waals surface area contributed by atoms with Crippen LogP contribution in [0.15, 0.2) is 91.0 Å². The summed E-state index contributed by atoms with van der Waals surface area (Å²) in [5.41, 5.74) is 10.6. The topological polar surface area (TPSA) is 179 Å². The van der Waals surface area contributed by atoms with Crippen molar-refractivity contribution in [3.8, 4) is 44.9 Å². The second kappa shape index (κ2) is 20.2. The molecule has 4 heterocycles. The summed E-state index contributed by atoms with van der Waals surface area (Å²) in [5.74, 6) is -1.96. The lowest BCUT2D eigenvalue weighted by Gasteiger charge is -2.26. The van der Waals surface area contributed by atoms with Gasteiger partial charge in [-0.25, -0.2) is 29.3 Å². The Labute approximate surface area is 378 Å². The van der Waals surface area contributed by atoms with Crippen molar-refractivity contribution in [1.29, 1.82) is 0 Å². The summed E-state index contributed by atoms with van der Waals surface area (Å²) >= 11 is 0. The summed E-state index contributed by atoms with van der Waals surface area (Å²) in [6.45, 7) is 12.5. The molecule has 0 spiro atoms. The number of hydrogen-bond donors (Lipinski definition) is 3. The number of carboxylic acid groups (broad SMARTS) is 3. The number of rotatable bonds is 14. The predicted molar refractivity (Wildman–Crippen MR) is 248 cm³/mol. The fourth-order valence-electron chi connectivity index (χ4n) is 8.46. The Kier molecular flexibility index (Phi) is 14.3. The Bertz CT molecular complexity index is 2630. The Hall–Kier alpha value is -7.00. The number of ether oxygens (including phenoxy) is 2. The van der Waals surface area contributed by atoms with Gasteiger partial charge in [0.25, 0.3) is 0 Å². The van der Waals surface area contributed by atoms with Gasteiger partial charge < -0.3 is 24.8 Å². The van der Waals surface area contributed by atoms with Crippen LogP contribution in [0.25, 0.3) is 33.4 Å². The van der Waals surface area contributed by atoms with Gasteiger partial charge >= 0.3 is 17.9 Å². The first kappa shape index (κ1) is 46.0. The lowest BCUT2D eigenvalue weighted by molar-refractivity contribution is 0.0679. The quantitative estimate of drug-likeness (QED) is 0.0957. The van der Waals surface area contributed by atoms with E-state index in [1.807, 2.05) is 94.4 Å². The van der Waals surface area contributed by atoms with Crippen molar-refractivity contribution in [1.82, 2.24) is 29.7 Å². The minimum absolute atomic E-state index is 0.0374. The normalized spacial score (nSPS) is 14.0. The molecular weight excluding hydrogens is 825 g/mol. The van der Waals surface area contributed by atoms with Gasteiger partial charge in [0.1, 0.15) is 28.6 Å². The van der Waals surface area contributed by atoms with E-state index in [1.165, 1.54) is 0 Å². The van der Waals surface area contributed by atoms with Crippen LogP contribution in [-0.4, -0.2) is 116 Å². The Morgan fingerprint density at radius 1 is 0.462 bits per heavy atom. The molecule has 7 rings (SSSR count). The SMILES string of the molecule is COc1ccc(-c2cc(CN3CCN(Cc4cc(-c5ccc(C)cc5C)cc(C(=O)O)n4)CCN(Cc4cc(-c5ccc(OC)cc5C)cc(C(=O)O)n4)CC3)nc(C(=O)O)c2)c(C)c1. The summed E-state index contributed by atoms with van der Waals surface area (Å²) in [4.78, 5) is 57.8. The van der Waals surface area contributed by atoms with E-state index in [-0.39, 0.29) is 17.1 Å². The summed E-state index contributed by atoms with van der Waals surface area (Å²) < 4.78 is 10.8. The highest BCUT2D eigenvalue weighted by Crippen LogP contribution is 2.31. The van der Waals surface area contributed by atoms with Crippen LogP contribution in [0.3, 0.4) is 0 Å². The van der Waals surface area contributed by atoms with Gasteiger partial charge in [0.05, 0.1) is 31.3 Å². The average molecular weight is 879 g/mol. The smallest absolute Gasteiger partial charge is 0.354 e. The van der Waals surface area contributed by atoms with Crippen LogP contribution in [0.5, 0.6) is 11.5 Å². The van der Waals surface area contributed by atoms with Crippen molar-refractivity contribution in [3.63, 3.8) is 0 Å². The summed E-state index contributed by atoms with van der Waals surface area (Å²) in [6.07, 6.45) is 0. The first-order chi connectivity index (χ1) is 31.2. The van der Waals surface area contributed by atoms with Crippen LogP contribution in [-0.2, 0) is 19.6 Å². The molecule has 1 fully saturated rings. The fraction of sp³-hybridized carbons (Fsp3) is 0.294. The number of hydrogen-bond acceptors (Lipinski definition) is 11. The van der Waals surface area contributed by atoms with Gasteiger partial charge in [-0.1, -0.05) is 35.9 Å². The zero-order valence-corrected chi connectivity index (χ0v) is 37.6. The number of carbonyl (C=O) groups is 3. The number of aromatic carboxylic acids is 3. The summed E-state index contributed by atoms with van der Waals surface area (Å²) in [7, 11) is 3.21. The molecule has 0 radical (unpaired) electrons. The lowest BCUT2D eigenvalue weighted by Crippen LogP contribution is -2.36. The van der Waals surface area contributed by atoms with Crippen LogP contribution in [0, 0.1) is 27.7 Å². The highest BCUT2D eigenvalue weighted by molar-refractivity contribution is 5.89. The maximum atomic E-state index is 12.4. The first-order valence-corrected chi connectivity index (χ1v) is 21.4. The van der Waals surface area contributed by atoms with E-state index in [0.29, 0.717) is 87.5 Å². The van der Waals surface area contributed by atoms with Crippen molar-refractivity contribution >= 4 is 17.9 Å². The standard InChI is InChI=1S/C51H54N6O8/c1-31-7-10-43(32(2)19-31)35-22-38(52-46(25-35)49(58)59)28-55-13-15-56(29-39-23-36(26-47(53-39)50(60)61)44-11-8-41(64-5)20-33(44)3)17-18-57(16-14-55)30-40-24-37(27-48(54-40)51(62)63)45-12-9-42(65-6)21-34(45)4/h7-12,19-27H,13-18,28-30H2,1-6H3,(H,58,59)(H,60,61)(H,62,63). The number of carboxylic acids is 3. The molecule has 14 nitrogen and oxygen atoms in total. The van der Waals surface area contributed by atoms with Crippen LogP contribution in [0.1, 0.15) is 70.8 Å². The molecule has 1 aliphatic rings. The molecule has 0 bridgehead atoms. The highest BCUT2D eigenvalue weighted by atomic mass is 16.5. The maximum Gasteiger partial charge on any atom is 0.354 e. The van der Waals surface area contributed by atoms with Crippen LogP contribution >= 0.6 is 0 Å². The molecule has 3 aromatic heterocycles. The third-order valence-corrected chi connectivity index (χ3v) is 11.8. The molecular formula is C51H54N6O8. The molecule has 65 heavy (non-hydrogen) atoms. The summed E-state index contributed by atoms with van der Waals surface area (Å²) in [6, 6.07) is 28.1. The van der Waals surface area contributed by atoms with E-state index in [4.69, 9.17) is 9.47 Å². The zero-order valence-electron chi connectivity index (χ0n) is 37.6. The van der Waals surface area contributed by atoms with Gasteiger partial charge in [-0.05, 0) is 138 Å². The van der Waals surface area contributed by atoms with Gasteiger partial charge in [-0.2, -0.15) is 0 Å². The van der Waals surface area contributed by atoms with Crippen molar-refractivity contribution < 1.29 is 39.2 Å². The molecule has 0 unspecified atom stereocenters. The van der Waals surface area contributed by atoms with Gasteiger partial charge in [-0.15, -0.1) is 0 Å². The van der Waals surface area contributed by atoms with Crippen molar-refractivity contribution in [2.24, 2.45) is 0 Å². The molecule has 0 saturated carbocycles. The molecule has 14 heteroatoms. The molecule has 0 amide bonds. The molecule has 3 aromatic carbocycles. The molecule has 1 aliphatic heterocycles. The van der Waals surface area contributed by atoms with Crippen LogP contribution < -0.4 is 9.47 Å². The van der Waals surface area contributed by atoms with Crippen LogP contribution in [0.4, 0.5) is 0 Å². The first-order valence-electron chi connectivity index (χ1n) is 21.4. The third kappa shape index (κ3) is 11.4. The Morgan fingerprint density at radius 3 is 1.05 bits per heavy atom. The number of methoxy groups -OCH3 is 2. The van der Waals surface area contributed by atoms with Gasteiger partial charge in [0.2, 0.25) is 0 Å². The largest absolute Gasteiger partial charge is 0.497 e. The number of pyridine rings is 3. The van der Waals surface area contributed by atoms with Gasteiger partial charge in [0, 0.05) is 58.9 Å². The molecule has 6 aromatic rings.